The Bertz CT molecular complexity index is 1060. The number of aryl methyl sites for hydroxylation is 2. The van der Waals surface area contributed by atoms with E-state index in [1.165, 1.54) is 12.1 Å². The second-order valence-corrected chi connectivity index (χ2v) is 5.94. The Morgan fingerprint density at radius 2 is 1.78 bits per heavy atom. The van der Waals surface area contributed by atoms with E-state index in [9.17, 15) is 13.2 Å². The first kappa shape index (κ1) is 18.4. The summed E-state index contributed by atoms with van der Waals surface area (Å²) in [5, 5.41) is 0. The van der Waals surface area contributed by atoms with E-state index in [4.69, 9.17) is 5.73 Å². The summed E-state index contributed by atoms with van der Waals surface area (Å²) in [4.78, 5) is 12.4. The predicted octanol–water partition coefficient (Wildman–Crippen LogP) is 4.16. The van der Waals surface area contributed by atoms with Crippen molar-refractivity contribution >= 4 is 5.95 Å². The van der Waals surface area contributed by atoms with Crippen LogP contribution < -0.4 is 5.73 Å². The van der Waals surface area contributed by atoms with Crippen molar-refractivity contribution in [3.8, 4) is 23.1 Å². The van der Waals surface area contributed by atoms with E-state index in [-0.39, 0.29) is 17.2 Å². The quantitative estimate of drug-likeness (QED) is 0.655. The second-order valence-electron chi connectivity index (χ2n) is 5.94. The lowest BCUT2D eigenvalue weighted by Gasteiger charge is -2.11. The number of benzene rings is 1. The van der Waals surface area contributed by atoms with Crippen molar-refractivity contribution in [3.63, 3.8) is 0 Å². The van der Waals surface area contributed by atoms with Gasteiger partial charge in [-0.15, -0.1) is 0 Å². The molecule has 0 aliphatic heterocycles. The highest BCUT2D eigenvalue weighted by Gasteiger charge is 2.30. The molecule has 0 bridgehead atoms. The largest absolute Gasteiger partial charge is 0.416 e. The van der Waals surface area contributed by atoms with Gasteiger partial charge in [-0.3, -0.25) is 0 Å². The van der Waals surface area contributed by atoms with E-state index in [2.05, 4.69) is 26.8 Å². The number of alkyl halides is 3. The van der Waals surface area contributed by atoms with Gasteiger partial charge >= 0.3 is 6.18 Å². The van der Waals surface area contributed by atoms with Crippen molar-refractivity contribution in [2.45, 2.75) is 20.0 Å². The standard InChI is InChI=1S/C20H15F3N4/c1-12-8-9-25-16(10-12)6-7-17-13(2)26-19(24)27-18(17)14-4-3-5-15(11-14)20(21,22)23/h3-5,8-11H,1-2H3,(H2,24,26,27). The lowest BCUT2D eigenvalue weighted by atomic mass is 10.0. The number of nitrogen functional groups attached to an aromatic ring is 1. The molecule has 0 saturated carbocycles. The zero-order valence-electron chi connectivity index (χ0n) is 14.6. The van der Waals surface area contributed by atoms with Crippen LogP contribution in [0.4, 0.5) is 19.1 Å². The number of anilines is 1. The van der Waals surface area contributed by atoms with Crippen LogP contribution in [-0.4, -0.2) is 15.0 Å². The molecule has 27 heavy (non-hydrogen) atoms. The maximum Gasteiger partial charge on any atom is 0.416 e. The third-order valence-corrected chi connectivity index (χ3v) is 3.80. The second kappa shape index (κ2) is 7.08. The summed E-state index contributed by atoms with van der Waals surface area (Å²) in [5.74, 6) is 5.82. The molecule has 2 N–H and O–H groups in total. The Hall–Kier alpha value is -3.40. The molecule has 0 amide bonds. The van der Waals surface area contributed by atoms with Crippen LogP contribution in [0.25, 0.3) is 11.3 Å². The molecule has 4 nitrogen and oxygen atoms in total. The van der Waals surface area contributed by atoms with Gasteiger partial charge in [-0.1, -0.05) is 18.1 Å². The van der Waals surface area contributed by atoms with Gasteiger partial charge in [0.1, 0.15) is 5.69 Å². The lowest BCUT2D eigenvalue weighted by molar-refractivity contribution is -0.137. The molecule has 2 heterocycles. The number of rotatable bonds is 1. The van der Waals surface area contributed by atoms with Gasteiger partial charge in [0.05, 0.1) is 22.5 Å². The van der Waals surface area contributed by atoms with Gasteiger partial charge in [0.15, 0.2) is 0 Å². The van der Waals surface area contributed by atoms with Gasteiger partial charge in [-0.05, 0) is 49.6 Å². The molecule has 0 spiro atoms. The molecule has 2 aromatic heterocycles. The maximum absolute atomic E-state index is 13.1. The summed E-state index contributed by atoms with van der Waals surface area (Å²) >= 11 is 0. The fourth-order valence-electron chi connectivity index (χ4n) is 2.53. The molecule has 0 unspecified atom stereocenters. The molecule has 1 aromatic carbocycles. The highest BCUT2D eigenvalue weighted by molar-refractivity contribution is 5.70. The van der Waals surface area contributed by atoms with Gasteiger partial charge in [0.25, 0.3) is 0 Å². The molecule has 0 fully saturated rings. The van der Waals surface area contributed by atoms with E-state index in [0.29, 0.717) is 17.0 Å². The van der Waals surface area contributed by atoms with Crippen molar-refractivity contribution < 1.29 is 13.2 Å². The van der Waals surface area contributed by atoms with Crippen LogP contribution in [0.2, 0.25) is 0 Å². The summed E-state index contributed by atoms with van der Waals surface area (Å²) in [6, 6.07) is 8.54. The van der Waals surface area contributed by atoms with Crippen LogP contribution in [-0.2, 0) is 6.18 Å². The lowest BCUT2D eigenvalue weighted by Crippen LogP contribution is -2.06. The zero-order valence-corrected chi connectivity index (χ0v) is 14.6. The fraction of sp³-hybridized carbons (Fsp3) is 0.150. The molecule has 0 aliphatic carbocycles. The van der Waals surface area contributed by atoms with E-state index in [1.54, 1.807) is 13.1 Å². The van der Waals surface area contributed by atoms with Crippen molar-refractivity contribution in [3.05, 3.63) is 70.7 Å². The van der Waals surface area contributed by atoms with Crippen molar-refractivity contribution in [1.82, 2.24) is 15.0 Å². The van der Waals surface area contributed by atoms with Crippen molar-refractivity contribution in [1.29, 1.82) is 0 Å². The number of pyridine rings is 1. The normalized spacial score (nSPS) is 11.0. The molecule has 7 heteroatoms. The van der Waals surface area contributed by atoms with E-state index >= 15 is 0 Å². The number of aromatic nitrogens is 3. The Labute approximate surface area is 154 Å². The molecular weight excluding hydrogens is 353 g/mol. The van der Waals surface area contributed by atoms with E-state index < -0.39 is 11.7 Å². The maximum atomic E-state index is 13.1. The minimum absolute atomic E-state index is 0.0286. The minimum Gasteiger partial charge on any atom is -0.368 e. The summed E-state index contributed by atoms with van der Waals surface area (Å²) in [6.45, 7) is 3.60. The fourth-order valence-corrected chi connectivity index (χ4v) is 2.53. The monoisotopic (exact) mass is 368 g/mol. The van der Waals surface area contributed by atoms with Gasteiger partial charge in [-0.25, -0.2) is 15.0 Å². The molecule has 136 valence electrons. The number of hydrogen-bond donors (Lipinski definition) is 1. The number of nitrogens with zero attached hydrogens (tertiary/aromatic N) is 3. The van der Waals surface area contributed by atoms with E-state index in [1.807, 2.05) is 19.1 Å². The molecule has 0 radical (unpaired) electrons. The van der Waals surface area contributed by atoms with Crippen LogP contribution in [0.5, 0.6) is 0 Å². The summed E-state index contributed by atoms with van der Waals surface area (Å²) < 4.78 is 39.2. The number of hydrogen-bond acceptors (Lipinski definition) is 4. The number of halogens is 3. The van der Waals surface area contributed by atoms with Gasteiger partial charge in [0, 0.05) is 11.8 Å². The summed E-state index contributed by atoms with van der Waals surface area (Å²) in [7, 11) is 0. The Morgan fingerprint density at radius 1 is 1.00 bits per heavy atom. The SMILES string of the molecule is Cc1ccnc(C#Cc2c(C)nc(N)nc2-c2cccc(C(F)(F)F)c2)c1. The average Bonchev–Trinajstić information content (AvgIpc) is 2.60. The highest BCUT2D eigenvalue weighted by Crippen LogP contribution is 2.33. The third-order valence-electron chi connectivity index (χ3n) is 3.80. The topological polar surface area (TPSA) is 64.7 Å². The Morgan fingerprint density at radius 3 is 2.48 bits per heavy atom. The molecule has 3 aromatic rings. The zero-order chi connectivity index (χ0) is 19.6. The molecule has 0 aliphatic rings. The van der Waals surface area contributed by atoms with Gasteiger partial charge in [-0.2, -0.15) is 13.2 Å². The van der Waals surface area contributed by atoms with Crippen LogP contribution in [0.3, 0.4) is 0 Å². The van der Waals surface area contributed by atoms with Gasteiger partial charge < -0.3 is 5.73 Å². The molecule has 0 atom stereocenters. The molecule has 3 rings (SSSR count). The highest BCUT2D eigenvalue weighted by atomic mass is 19.4. The third kappa shape index (κ3) is 4.23. The first-order valence-corrected chi connectivity index (χ1v) is 8.00. The minimum atomic E-state index is -4.46. The van der Waals surface area contributed by atoms with Crippen LogP contribution in [0.1, 0.15) is 28.1 Å². The Balaban J connectivity index is 2.15. The van der Waals surface area contributed by atoms with Crippen molar-refractivity contribution in [2.75, 3.05) is 5.73 Å². The van der Waals surface area contributed by atoms with Gasteiger partial charge in [0.2, 0.25) is 5.95 Å². The summed E-state index contributed by atoms with van der Waals surface area (Å²) in [5.41, 5.74) is 7.90. The first-order chi connectivity index (χ1) is 12.7. The molecule has 0 saturated heterocycles. The number of nitrogens with two attached hydrogens (primary N) is 1. The van der Waals surface area contributed by atoms with E-state index in [0.717, 1.165) is 17.7 Å². The predicted molar refractivity (Wildman–Crippen MR) is 96.6 cm³/mol. The van der Waals surface area contributed by atoms with Crippen LogP contribution in [0.15, 0.2) is 42.6 Å². The first-order valence-electron chi connectivity index (χ1n) is 8.00. The Kier molecular flexibility index (Phi) is 4.82. The van der Waals surface area contributed by atoms with Crippen LogP contribution >= 0.6 is 0 Å². The molecular formula is C20H15F3N4. The summed E-state index contributed by atoms with van der Waals surface area (Å²) in [6.07, 6.45) is -2.82. The smallest absolute Gasteiger partial charge is 0.368 e. The average molecular weight is 368 g/mol. The van der Waals surface area contributed by atoms with Crippen LogP contribution in [0, 0.1) is 25.7 Å². The van der Waals surface area contributed by atoms with Crippen molar-refractivity contribution in [2.24, 2.45) is 0 Å².